The zero-order valence-corrected chi connectivity index (χ0v) is 16.8. The summed E-state index contributed by atoms with van der Waals surface area (Å²) in [4.78, 5) is 23.7. The van der Waals surface area contributed by atoms with Gasteiger partial charge >= 0.3 is 0 Å². The molecule has 1 aromatic carbocycles. The Labute approximate surface area is 164 Å². The normalized spacial score (nSPS) is 17.3. The van der Waals surface area contributed by atoms with E-state index in [0.29, 0.717) is 18.3 Å². The van der Waals surface area contributed by atoms with E-state index in [9.17, 15) is 4.79 Å². The van der Waals surface area contributed by atoms with E-state index in [2.05, 4.69) is 36.1 Å². The number of amides is 1. The molecule has 3 rings (SSSR count). The first-order valence-electron chi connectivity index (χ1n) is 9.21. The number of oxime groups is 1. The van der Waals surface area contributed by atoms with Crippen LogP contribution in [-0.2, 0) is 9.63 Å². The van der Waals surface area contributed by atoms with Gasteiger partial charge in [0.2, 0.25) is 5.91 Å². The first kappa shape index (κ1) is 19.4. The minimum Gasteiger partial charge on any atom is -0.396 e. The first-order valence-corrected chi connectivity index (χ1v) is 10.3. The van der Waals surface area contributed by atoms with Crippen LogP contribution in [0.15, 0.2) is 47.9 Å². The van der Waals surface area contributed by atoms with Crippen molar-refractivity contribution >= 4 is 23.9 Å². The van der Waals surface area contributed by atoms with Gasteiger partial charge in [-0.2, -0.15) is 0 Å². The van der Waals surface area contributed by atoms with E-state index in [-0.39, 0.29) is 11.3 Å². The van der Waals surface area contributed by atoms with Crippen LogP contribution in [0.2, 0.25) is 0 Å². The number of thioether (sulfide) groups is 1. The fourth-order valence-electron chi connectivity index (χ4n) is 3.09. The van der Waals surface area contributed by atoms with Crippen molar-refractivity contribution in [3.05, 3.63) is 53.9 Å². The van der Waals surface area contributed by atoms with Crippen molar-refractivity contribution < 1.29 is 9.63 Å². The molecule has 1 unspecified atom stereocenters. The van der Waals surface area contributed by atoms with E-state index in [4.69, 9.17) is 4.84 Å². The quantitative estimate of drug-likeness (QED) is 0.527. The fraction of sp³-hybridized carbons (Fsp3) is 0.381. The van der Waals surface area contributed by atoms with Gasteiger partial charge in [0.1, 0.15) is 12.0 Å². The molecule has 27 heavy (non-hydrogen) atoms. The summed E-state index contributed by atoms with van der Waals surface area (Å²) in [5, 5.41) is 3.92. The molecule has 0 spiro atoms. The Kier molecular flexibility index (Phi) is 6.50. The average molecular weight is 384 g/mol. The molecule has 1 amide bonds. The highest BCUT2D eigenvalue weighted by atomic mass is 32.2. The van der Waals surface area contributed by atoms with Gasteiger partial charge in [-0.25, -0.2) is 0 Å². The SMILES string of the molecule is CCON=Cc1ccc(-c2ccncc2C2SCC(=O)N2CC(C)C)cc1. The molecule has 0 aliphatic carbocycles. The molecule has 0 N–H and O–H groups in total. The standard InChI is InChI=1S/C21H25N3O2S/c1-4-26-23-11-16-5-7-17(8-6-16)18-9-10-22-12-19(18)21-24(13-15(2)3)20(25)14-27-21/h5-12,15,21H,4,13-14H2,1-3H3. The van der Waals surface area contributed by atoms with E-state index in [1.807, 2.05) is 36.2 Å². The number of carbonyl (C=O) groups is 1. The third-order valence-electron chi connectivity index (χ3n) is 4.27. The lowest BCUT2D eigenvalue weighted by molar-refractivity contribution is -0.128. The van der Waals surface area contributed by atoms with Gasteiger partial charge in [-0.15, -0.1) is 11.8 Å². The largest absolute Gasteiger partial charge is 0.396 e. The first-order chi connectivity index (χ1) is 13.1. The molecule has 1 aliphatic rings. The molecule has 1 aromatic heterocycles. The van der Waals surface area contributed by atoms with E-state index >= 15 is 0 Å². The summed E-state index contributed by atoms with van der Waals surface area (Å²) in [5.74, 6) is 1.16. The van der Waals surface area contributed by atoms with Crippen LogP contribution in [0.1, 0.15) is 37.3 Å². The van der Waals surface area contributed by atoms with E-state index in [1.54, 1.807) is 24.2 Å². The minimum absolute atomic E-state index is 0.0165. The lowest BCUT2D eigenvalue weighted by Crippen LogP contribution is -2.31. The molecule has 5 nitrogen and oxygen atoms in total. The molecule has 2 heterocycles. The van der Waals surface area contributed by atoms with Crippen LogP contribution in [0.3, 0.4) is 0 Å². The Balaban J connectivity index is 1.89. The van der Waals surface area contributed by atoms with Crippen molar-refractivity contribution in [3.63, 3.8) is 0 Å². The van der Waals surface area contributed by atoms with E-state index in [0.717, 1.165) is 28.8 Å². The van der Waals surface area contributed by atoms with Crippen LogP contribution in [-0.4, -0.2) is 40.9 Å². The second-order valence-electron chi connectivity index (χ2n) is 6.84. The van der Waals surface area contributed by atoms with Crippen LogP contribution in [0.4, 0.5) is 0 Å². The lowest BCUT2D eigenvalue weighted by atomic mass is 10.00. The Morgan fingerprint density at radius 2 is 2.11 bits per heavy atom. The van der Waals surface area contributed by atoms with E-state index < -0.39 is 0 Å². The second kappa shape index (κ2) is 9.04. The summed E-state index contributed by atoms with van der Waals surface area (Å²) >= 11 is 1.68. The van der Waals surface area contributed by atoms with Crippen molar-refractivity contribution in [2.24, 2.45) is 11.1 Å². The molecule has 0 saturated carbocycles. The van der Waals surface area contributed by atoms with Gasteiger partial charge < -0.3 is 9.74 Å². The van der Waals surface area contributed by atoms with Gasteiger partial charge in [-0.3, -0.25) is 9.78 Å². The van der Waals surface area contributed by atoms with Crippen LogP contribution in [0, 0.1) is 5.92 Å². The summed E-state index contributed by atoms with van der Waals surface area (Å²) < 4.78 is 0. The highest BCUT2D eigenvalue weighted by Crippen LogP contribution is 2.42. The number of aromatic nitrogens is 1. The molecule has 0 radical (unpaired) electrons. The molecular formula is C21H25N3O2S. The number of hydrogen-bond acceptors (Lipinski definition) is 5. The van der Waals surface area contributed by atoms with Crippen molar-refractivity contribution in [1.29, 1.82) is 0 Å². The summed E-state index contributed by atoms with van der Waals surface area (Å²) in [6.45, 7) is 7.50. The number of rotatable bonds is 7. The van der Waals surface area contributed by atoms with Crippen LogP contribution >= 0.6 is 11.8 Å². The molecule has 1 fully saturated rings. The third kappa shape index (κ3) is 4.69. The van der Waals surface area contributed by atoms with Crippen molar-refractivity contribution in [2.75, 3.05) is 18.9 Å². The molecule has 1 saturated heterocycles. The Bertz CT molecular complexity index is 805. The number of pyridine rings is 1. The zero-order valence-electron chi connectivity index (χ0n) is 16.0. The average Bonchev–Trinajstić information content (AvgIpc) is 3.02. The van der Waals surface area contributed by atoms with Crippen molar-refractivity contribution in [1.82, 2.24) is 9.88 Å². The maximum Gasteiger partial charge on any atom is 0.233 e. The van der Waals surface area contributed by atoms with Crippen molar-refractivity contribution in [3.8, 4) is 11.1 Å². The number of carbonyl (C=O) groups excluding carboxylic acids is 1. The summed E-state index contributed by atoms with van der Waals surface area (Å²) in [6.07, 6.45) is 5.40. The van der Waals surface area contributed by atoms with Crippen molar-refractivity contribution in [2.45, 2.75) is 26.1 Å². The fourth-order valence-corrected chi connectivity index (χ4v) is 4.31. The van der Waals surface area contributed by atoms with Gasteiger partial charge in [-0.1, -0.05) is 43.3 Å². The minimum atomic E-state index is 0.0165. The number of benzene rings is 1. The summed E-state index contributed by atoms with van der Waals surface area (Å²) in [5.41, 5.74) is 4.28. The van der Waals surface area contributed by atoms with Gasteiger partial charge in [0.05, 0.1) is 12.0 Å². The molecule has 2 aromatic rings. The zero-order chi connectivity index (χ0) is 19.2. The molecule has 6 heteroatoms. The van der Waals surface area contributed by atoms with Crippen LogP contribution < -0.4 is 0 Å². The highest BCUT2D eigenvalue weighted by molar-refractivity contribution is 8.00. The molecule has 142 valence electrons. The Morgan fingerprint density at radius 3 is 2.81 bits per heavy atom. The second-order valence-corrected chi connectivity index (χ2v) is 7.91. The maximum atomic E-state index is 12.4. The third-order valence-corrected chi connectivity index (χ3v) is 5.51. The van der Waals surface area contributed by atoms with Gasteiger partial charge in [0, 0.05) is 24.5 Å². The topological polar surface area (TPSA) is 54.8 Å². The Morgan fingerprint density at radius 1 is 1.33 bits per heavy atom. The summed E-state index contributed by atoms with van der Waals surface area (Å²) in [6, 6.07) is 10.2. The number of hydrogen-bond donors (Lipinski definition) is 0. The maximum absolute atomic E-state index is 12.4. The van der Waals surface area contributed by atoms with Gasteiger partial charge in [0.25, 0.3) is 0 Å². The molecule has 1 aliphatic heterocycles. The molecule has 1 atom stereocenters. The van der Waals surface area contributed by atoms with E-state index in [1.165, 1.54) is 0 Å². The van der Waals surface area contributed by atoms with Crippen LogP contribution in [0.25, 0.3) is 11.1 Å². The number of nitrogens with zero attached hydrogens (tertiary/aromatic N) is 3. The highest BCUT2D eigenvalue weighted by Gasteiger charge is 2.34. The Hall–Kier alpha value is -2.34. The predicted molar refractivity (Wildman–Crippen MR) is 111 cm³/mol. The summed E-state index contributed by atoms with van der Waals surface area (Å²) in [7, 11) is 0. The lowest BCUT2D eigenvalue weighted by Gasteiger charge is -2.27. The molecule has 0 bridgehead atoms. The van der Waals surface area contributed by atoms with Gasteiger partial charge in [-0.05, 0) is 35.6 Å². The van der Waals surface area contributed by atoms with Crippen LogP contribution in [0.5, 0.6) is 0 Å². The monoisotopic (exact) mass is 383 g/mol. The molecular weight excluding hydrogens is 358 g/mol. The smallest absolute Gasteiger partial charge is 0.233 e. The van der Waals surface area contributed by atoms with Gasteiger partial charge in [0.15, 0.2) is 0 Å². The predicted octanol–water partition coefficient (Wildman–Crippen LogP) is 4.35.